The summed E-state index contributed by atoms with van der Waals surface area (Å²) in [6, 6.07) is 12.1. The van der Waals surface area contributed by atoms with Gasteiger partial charge in [-0.1, -0.05) is 36.4 Å². The van der Waals surface area contributed by atoms with Crippen molar-refractivity contribution in [2.24, 2.45) is 0 Å². The zero-order valence-electron chi connectivity index (χ0n) is 17.1. The van der Waals surface area contributed by atoms with E-state index in [9.17, 15) is 18.4 Å². The Morgan fingerprint density at radius 1 is 0.900 bits per heavy atom. The average Bonchev–Trinajstić information content (AvgIpc) is 2.66. The van der Waals surface area contributed by atoms with Crippen LogP contribution < -0.4 is 0 Å². The number of carbonyl (C=O) groups excluding carboxylic acids is 2. The van der Waals surface area contributed by atoms with Crippen LogP contribution in [0.3, 0.4) is 0 Å². The van der Waals surface area contributed by atoms with Gasteiger partial charge < -0.3 is 4.74 Å². The third-order valence-electron chi connectivity index (χ3n) is 4.43. The highest BCUT2D eigenvalue weighted by molar-refractivity contribution is 6.15. The molecule has 3 rings (SSSR count). The fourth-order valence-electron chi connectivity index (χ4n) is 3.05. The molecular weight excluding hydrogens is 388 g/mol. The summed E-state index contributed by atoms with van der Waals surface area (Å²) in [5.74, 6) is -1.32. The van der Waals surface area contributed by atoms with Crippen molar-refractivity contribution >= 4 is 24.0 Å². The number of halogens is 2. The van der Waals surface area contributed by atoms with Crippen LogP contribution in [0.5, 0.6) is 0 Å². The first-order valence-electron chi connectivity index (χ1n) is 9.57. The molecule has 0 saturated carbocycles. The molecule has 1 aliphatic rings. The number of hydrogen-bond acceptors (Lipinski definition) is 3. The summed E-state index contributed by atoms with van der Waals surface area (Å²) in [7, 11) is 0. The SMILES string of the molecule is CC(C)(C)OC(=O)N1C/C(=C/c2ccccc2F)C(=O)/C(=C/c2ccccc2F)C1. The lowest BCUT2D eigenvalue weighted by molar-refractivity contribution is -0.113. The van der Waals surface area contributed by atoms with Crippen LogP contribution >= 0.6 is 0 Å². The second kappa shape index (κ2) is 8.61. The number of Topliss-reactive ketones (excluding diaryl/α,β-unsaturated/α-hetero) is 1. The highest BCUT2D eigenvalue weighted by Crippen LogP contribution is 2.25. The van der Waals surface area contributed by atoms with Crippen molar-refractivity contribution in [1.82, 2.24) is 4.90 Å². The molecule has 1 amide bonds. The first-order chi connectivity index (χ1) is 14.1. The van der Waals surface area contributed by atoms with Gasteiger partial charge in [0.1, 0.15) is 17.2 Å². The van der Waals surface area contributed by atoms with E-state index < -0.39 is 23.3 Å². The Morgan fingerprint density at radius 2 is 1.33 bits per heavy atom. The minimum absolute atomic E-state index is 0.0311. The van der Waals surface area contributed by atoms with E-state index in [1.807, 2.05) is 0 Å². The van der Waals surface area contributed by atoms with E-state index in [0.717, 1.165) is 0 Å². The summed E-state index contributed by atoms with van der Waals surface area (Å²) in [4.78, 5) is 27.0. The van der Waals surface area contributed by atoms with Crippen LogP contribution in [0, 0.1) is 11.6 Å². The molecule has 156 valence electrons. The molecule has 0 aliphatic carbocycles. The predicted molar refractivity (Wildman–Crippen MR) is 112 cm³/mol. The van der Waals surface area contributed by atoms with E-state index in [4.69, 9.17) is 4.74 Å². The summed E-state index contributed by atoms with van der Waals surface area (Å²) < 4.78 is 33.7. The Bertz CT molecular complexity index is 967. The number of piperidine rings is 1. The summed E-state index contributed by atoms with van der Waals surface area (Å²) in [5, 5.41) is 0. The lowest BCUT2D eigenvalue weighted by Crippen LogP contribution is -2.44. The van der Waals surface area contributed by atoms with Gasteiger partial charge in [-0.05, 0) is 45.1 Å². The zero-order valence-corrected chi connectivity index (χ0v) is 17.1. The number of rotatable bonds is 2. The predicted octanol–water partition coefficient (Wildman–Crippen LogP) is 5.25. The summed E-state index contributed by atoms with van der Waals surface area (Å²) in [6.45, 7) is 5.16. The van der Waals surface area contributed by atoms with Crippen molar-refractivity contribution in [2.75, 3.05) is 13.1 Å². The average molecular weight is 411 g/mol. The van der Waals surface area contributed by atoms with Crippen molar-refractivity contribution in [3.8, 4) is 0 Å². The topological polar surface area (TPSA) is 46.6 Å². The molecule has 0 bridgehead atoms. The van der Waals surface area contributed by atoms with Gasteiger partial charge in [-0.15, -0.1) is 0 Å². The minimum atomic E-state index is -0.719. The van der Waals surface area contributed by atoms with Gasteiger partial charge in [0.15, 0.2) is 5.78 Å². The number of likely N-dealkylation sites (tertiary alicyclic amines) is 1. The normalized spacial score (nSPS) is 17.5. The van der Waals surface area contributed by atoms with E-state index in [1.165, 1.54) is 29.2 Å². The van der Waals surface area contributed by atoms with Crippen LogP contribution in [-0.4, -0.2) is 35.5 Å². The maximum Gasteiger partial charge on any atom is 0.410 e. The fourth-order valence-corrected chi connectivity index (χ4v) is 3.05. The van der Waals surface area contributed by atoms with Crippen molar-refractivity contribution in [2.45, 2.75) is 26.4 Å². The second-order valence-corrected chi connectivity index (χ2v) is 8.05. The molecule has 30 heavy (non-hydrogen) atoms. The molecule has 0 atom stereocenters. The number of nitrogens with zero attached hydrogens (tertiary/aromatic N) is 1. The molecule has 1 saturated heterocycles. The number of ketones is 1. The van der Waals surface area contributed by atoms with Gasteiger partial charge in [-0.25, -0.2) is 13.6 Å². The molecule has 0 N–H and O–H groups in total. The van der Waals surface area contributed by atoms with Crippen LogP contribution in [0.25, 0.3) is 12.2 Å². The molecule has 0 radical (unpaired) electrons. The number of benzene rings is 2. The Balaban J connectivity index is 2.02. The van der Waals surface area contributed by atoms with Crippen LogP contribution in [-0.2, 0) is 9.53 Å². The maximum atomic E-state index is 14.1. The molecule has 0 unspecified atom stereocenters. The Kier molecular flexibility index (Phi) is 6.15. The first kappa shape index (κ1) is 21.4. The van der Waals surface area contributed by atoms with Crippen LogP contribution in [0.2, 0.25) is 0 Å². The molecule has 0 spiro atoms. The van der Waals surface area contributed by atoms with Gasteiger partial charge in [0, 0.05) is 22.3 Å². The molecule has 1 heterocycles. The third-order valence-corrected chi connectivity index (χ3v) is 4.43. The number of carbonyl (C=O) groups is 2. The smallest absolute Gasteiger partial charge is 0.410 e. The summed E-state index contributed by atoms with van der Waals surface area (Å²) in [6.07, 6.45) is 2.24. The Morgan fingerprint density at radius 3 is 1.73 bits per heavy atom. The van der Waals surface area contributed by atoms with E-state index in [-0.39, 0.29) is 41.1 Å². The molecule has 4 nitrogen and oxygen atoms in total. The second-order valence-electron chi connectivity index (χ2n) is 8.05. The van der Waals surface area contributed by atoms with Crippen LogP contribution in [0.4, 0.5) is 13.6 Å². The largest absolute Gasteiger partial charge is 0.444 e. The molecule has 1 aliphatic heterocycles. The van der Waals surface area contributed by atoms with Crippen molar-refractivity contribution in [3.63, 3.8) is 0 Å². The maximum absolute atomic E-state index is 14.1. The highest BCUT2D eigenvalue weighted by atomic mass is 19.1. The first-order valence-corrected chi connectivity index (χ1v) is 9.57. The quantitative estimate of drug-likeness (QED) is 0.634. The van der Waals surface area contributed by atoms with E-state index in [2.05, 4.69) is 0 Å². The van der Waals surface area contributed by atoms with Crippen LogP contribution in [0.1, 0.15) is 31.9 Å². The fraction of sp³-hybridized carbons (Fsp3) is 0.250. The molecule has 2 aromatic rings. The Hall–Kier alpha value is -3.28. The lowest BCUT2D eigenvalue weighted by atomic mass is 9.94. The Labute approximate surface area is 174 Å². The number of ether oxygens (including phenoxy) is 1. The monoisotopic (exact) mass is 411 g/mol. The van der Waals surface area contributed by atoms with E-state index >= 15 is 0 Å². The van der Waals surface area contributed by atoms with Crippen molar-refractivity contribution in [1.29, 1.82) is 0 Å². The molecular formula is C24H23F2NO3. The zero-order chi connectivity index (χ0) is 21.9. The van der Waals surface area contributed by atoms with E-state index in [0.29, 0.717) is 0 Å². The van der Waals surface area contributed by atoms with Gasteiger partial charge in [-0.2, -0.15) is 0 Å². The molecule has 1 fully saturated rings. The molecule has 0 aromatic heterocycles. The number of hydrogen-bond donors (Lipinski definition) is 0. The molecule has 2 aromatic carbocycles. The molecule has 6 heteroatoms. The van der Waals surface area contributed by atoms with Gasteiger partial charge in [0.05, 0.1) is 13.1 Å². The number of amides is 1. The van der Waals surface area contributed by atoms with Gasteiger partial charge in [0.25, 0.3) is 0 Å². The van der Waals surface area contributed by atoms with Crippen molar-refractivity contribution < 1.29 is 23.1 Å². The van der Waals surface area contributed by atoms with Gasteiger partial charge in [0.2, 0.25) is 0 Å². The highest BCUT2D eigenvalue weighted by Gasteiger charge is 2.32. The van der Waals surface area contributed by atoms with Crippen molar-refractivity contribution in [3.05, 3.63) is 82.4 Å². The standard InChI is InChI=1S/C24H23F2NO3/c1-24(2,3)30-23(29)27-14-18(12-16-8-4-6-10-20(16)25)22(28)19(15-27)13-17-9-5-7-11-21(17)26/h4-13H,14-15H2,1-3H3/b18-12-,19-13+. The van der Waals surface area contributed by atoms with Gasteiger partial charge >= 0.3 is 6.09 Å². The van der Waals surface area contributed by atoms with E-state index in [1.54, 1.807) is 57.2 Å². The van der Waals surface area contributed by atoms with Gasteiger partial charge in [-0.3, -0.25) is 9.69 Å². The third kappa shape index (κ3) is 5.20. The minimum Gasteiger partial charge on any atom is -0.444 e. The van der Waals surface area contributed by atoms with Crippen LogP contribution in [0.15, 0.2) is 59.7 Å². The summed E-state index contributed by atoms with van der Waals surface area (Å²) in [5.41, 5.74) is 0.192. The lowest BCUT2D eigenvalue weighted by Gasteiger charge is -2.32. The summed E-state index contributed by atoms with van der Waals surface area (Å²) >= 11 is 0.